The highest BCUT2D eigenvalue weighted by molar-refractivity contribution is 5.97. The first-order chi connectivity index (χ1) is 15.2. The molecule has 0 spiro atoms. The van der Waals surface area contributed by atoms with Crippen LogP contribution in [0.15, 0.2) is 78.9 Å². The minimum Gasteiger partial charge on any atom is -0.497 e. The summed E-state index contributed by atoms with van der Waals surface area (Å²) in [5.41, 5.74) is 4.29. The quantitative estimate of drug-likeness (QED) is 0.574. The van der Waals surface area contributed by atoms with E-state index in [1.54, 1.807) is 7.11 Å². The molecule has 1 atom stereocenters. The Morgan fingerprint density at radius 1 is 1.00 bits per heavy atom. The van der Waals surface area contributed by atoms with E-state index in [2.05, 4.69) is 40.5 Å². The Kier molecular flexibility index (Phi) is 7.00. The van der Waals surface area contributed by atoms with Crippen LogP contribution in [-0.4, -0.2) is 37.6 Å². The monoisotopic (exact) mass is 414 g/mol. The SMILES string of the molecule is COc1ccc(-c2ccccc2NC(=O)[C@H]2CCCN(CCc3ccccc3)C2)cc1. The first-order valence-corrected chi connectivity index (χ1v) is 11.0. The molecule has 4 rings (SSSR count). The van der Waals surface area contributed by atoms with Crippen LogP contribution in [0.5, 0.6) is 5.75 Å². The van der Waals surface area contributed by atoms with E-state index in [4.69, 9.17) is 4.74 Å². The number of ether oxygens (including phenoxy) is 1. The molecule has 0 saturated carbocycles. The first kappa shape index (κ1) is 21.1. The van der Waals surface area contributed by atoms with Crippen molar-refractivity contribution in [3.8, 4) is 16.9 Å². The van der Waals surface area contributed by atoms with Crippen LogP contribution < -0.4 is 10.1 Å². The van der Waals surface area contributed by atoms with Crippen molar-refractivity contribution in [1.29, 1.82) is 0 Å². The zero-order valence-corrected chi connectivity index (χ0v) is 18.1. The van der Waals surface area contributed by atoms with E-state index in [-0.39, 0.29) is 11.8 Å². The van der Waals surface area contributed by atoms with Crippen LogP contribution >= 0.6 is 0 Å². The van der Waals surface area contributed by atoms with Gasteiger partial charge in [0.15, 0.2) is 0 Å². The lowest BCUT2D eigenvalue weighted by atomic mass is 9.96. The fraction of sp³-hybridized carbons (Fsp3) is 0.296. The highest BCUT2D eigenvalue weighted by Crippen LogP contribution is 2.30. The molecule has 0 bridgehead atoms. The molecule has 1 saturated heterocycles. The Morgan fingerprint density at radius 2 is 1.74 bits per heavy atom. The van der Waals surface area contributed by atoms with Gasteiger partial charge in [-0.1, -0.05) is 60.7 Å². The van der Waals surface area contributed by atoms with Crippen molar-refractivity contribution in [2.24, 2.45) is 5.92 Å². The Bertz CT molecular complexity index is 986. The predicted molar refractivity (Wildman–Crippen MR) is 126 cm³/mol. The van der Waals surface area contributed by atoms with Crippen LogP contribution in [0.4, 0.5) is 5.69 Å². The zero-order valence-electron chi connectivity index (χ0n) is 18.1. The second-order valence-electron chi connectivity index (χ2n) is 8.14. The summed E-state index contributed by atoms with van der Waals surface area (Å²) in [7, 11) is 1.66. The molecule has 1 amide bonds. The van der Waals surface area contributed by atoms with Crippen molar-refractivity contribution in [2.45, 2.75) is 19.3 Å². The summed E-state index contributed by atoms with van der Waals surface area (Å²) in [6.45, 7) is 2.89. The van der Waals surface area contributed by atoms with E-state index in [0.29, 0.717) is 0 Å². The fourth-order valence-electron chi connectivity index (χ4n) is 4.25. The molecule has 3 aromatic rings. The fourth-order valence-corrected chi connectivity index (χ4v) is 4.25. The van der Waals surface area contributed by atoms with Crippen LogP contribution in [0.3, 0.4) is 0 Å². The molecular weight excluding hydrogens is 384 g/mol. The average Bonchev–Trinajstić information content (AvgIpc) is 2.84. The molecule has 160 valence electrons. The van der Waals surface area contributed by atoms with Crippen LogP contribution in [0.1, 0.15) is 18.4 Å². The van der Waals surface area contributed by atoms with E-state index in [1.807, 2.05) is 48.5 Å². The summed E-state index contributed by atoms with van der Waals surface area (Å²) in [5.74, 6) is 0.960. The lowest BCUT2D eigenvalue weighted by molar-refractivity contribution is -0.121. The minimum atomic E-state index is 0.0217. The summed E-state index contributed by atoms with van der Waals surface area (Å²) in [5, 5.41) is 3.20. The molecule has 1 fully saturated rings. The average molecular weight is 415 g/mol. The molecule has 1 aliphatic rings. The molecule has 0 aromatic heterocycles. The standard InChI is InChI=1S/C27H30N2O2/c1-31-24-15-13-22(14-16-24)25-11-5-6-12-26(25)28-27(30)23-10-7-18-29(20-23)19-17-21-8-3-2-4-9-21/h2-6,8-9,11-16,23H,7,10,17-20H2,1H3,(H,28,30)/t23-/m0/s1. The van der Waals surface area contributed by atoms with Gasteiger partial charge in [0.1, 0.15) is 5.75 Å². The molecular formula is C27H30N2O2. The highest BCUT2D eigenvalue weighted by atomic mass is 16.5. The second-order valence-corrected chi connectivity index (χ2v) is 8.14. The van der Waals surface area contributed by atoms with Crippen molar-refractivity contribution in [1.82, 2.24) is 4.90 Å². The molecule has 31 heavy (non-hydrogen) atoms. The van der Waals surface area contributed by atoms with Crippen LogP contribution in [-0.2, 0) is 11.2 Å². The number of benzene rings is 3. The van der Waals surface area contributed by atoms with Gasteiger partial charge in [-0.2, -0.15) is 0 Å². The number of nitrogens with zero attached hydrogens (tertiary/aromatic N) is 1. The van der Waals surface area contributed by atoms with Crippen LogP contribution in [0, 0.1) is 5.92 Å². The van der Waals surface area contributed by atoms with Crippen molar-refractivity contribution in [3.05, 3.63) is 84.4 Å². The van der Waals surface area contributed by atoms with Gasteiger partial charge in [-0.05, 0) is 55.1 Å². The third kappa shape index (κ3) is 5.53. The molecule has 0 unspecified atom stereocenters. The minimum absolute atomic E-state index is 0.0217. The number of carbonyl (C=O) groups excluding carboxylic acids is 1. The van der Waals surface area contributed by atoms with E-state index in [9.17, 15) is 4.79 Å². The van der Waals surface area contributed by atoms with Crippen LogP contribution in [0.2, 0.25) is 0 Å². The topological polar surface area (TPSA) is 41.6 Å². The van der Waals surface area contributed by atoms with Gasteiger partial charge < -0.3 is 15.0 Å². The molecule has 1 aliphatic heterocycles. The maximum absolute atomic E-state index is 13.1. The number of para-hydroxylation sites is 1. The smallest absolute Gasteiger partial charge is 0.228 e. The van der Waals surface area contributed by atoms with Gasteiger partial charge in [0.2, 0.25) is 5.91 Å². The van der Waals surface area contributed by atoms with Crippen molar-refractivity contribution < 1.29 is 9.53 Å². The third-order valence-electron chi connectivity index (χ3n) is 6.02. The van der Waals surface area contributed by atoms with Gasteiger partial charge in [-0.3, -0.25) is 4.79 Å². The Balaban J connectivity index is 1.39. The molecule has 4 heteroatoms. The number of piperidine rings is 1. The predicted octanol–water partition coefficient (Wildman–Crippen LogP) is 5.26. The Morgan fingerprint density at radius 3 is 2.52 bits per heavy atom. The number of hydrogen-bond donors (Lipinski definition) is 1. The van der Waals surface area contributed by atoms with Crippen molar-refractivity contribution in [3.63, 3.8) is 0 Å². The van der Waals surface area contributed by atoms with Gasteiger partial charge >= 0.3 is 0 Å². The summed E-state index contributed by atoms with van der Waals surface area (Å²) in [6, 6.07) is 26.5. The highest BCUT2D eigenvalue weighted by Gasteiger charge is 2.26. The number of methoxy groups -OCH3 is 1. The van der Waals surface area contributed by atoms with Gasteiger partial charge in [-0.25, -0.2) is 0 Å². The second kappa shape index (κ2) is 10.3. The maximum atomic E-state index is 13.1. The number of nitrogens with one attached hydrogen (secondary N) is 1. The van der Waals surface area contributed by atoms with Crippen LogP contribution in [0.25, 0.3) is 11.1 Å². The summed E-state index contributed by atoms with van der Waals surface area (Å²) >= 11 is 0. The number of likely N-dealkylation sites (tertiary alicyclic amines) is 1. The Labute approximate surface area is 184 Å². The van der Waals surface area contributed by atoms with E-state index in [0.717, 1.165) is 61.5 Å². The number of amides is 1. The molecule has 0 radical (unpaired) electrons. The molecule has 3 aromatic carbocycles. The van der Waals surface area contributed by atoms with E-state index < -0.39 is 0 Å². The largest absolute Gasteiger partial charge is 0.497 e. The number of rotatable bonds is 7. The van der Waals surface area contributed by atoms with E-state index >= 15 is 0 Å². The number of carbonyl (C=O) groups is 1. The van der Waals surface area contributed by atoms with Gasteiger partial charge in [0.05, 0.1) is 13.0 Å². The van der Waals surface area contributed by atoms with Gasteiger partial charge in [0.25, 0.3) is 0 Å². The maximum Gasteiger partial charge on any atom is 0.228 e. The summed E-state index contributed by atoms with van der Waals surface area (Å²) in [6.07, 6.45) is 3.03. The lowest BCUT2D eigenvalue weighted by Crippen LogP contribution is -2.41. The lowest BCUT2D eigenvalue weighted by Gasteiger charge is -2.32. The third-order valence-corrected chi connectivity index (χ3v) is 6.02. The molecule has 4 nitrogen and oxygen atoms in total. The Hall–Kier alpha value is -3.11. The van der Waals surface area contributed by atoms with E-state index in [1.165, 1.54) is 5.56 Å². The van der Waals surface area contributed by atoms with Crippen molar-refractivity contribution >= 4 is 11.6 Å². The normalized spacial score (nSPS) is 16.6. The molecule has 1 N–H and O–H groups in total. The van der Waals surface area contributed by atoms with Crippen molar-refractivity contribution in [2.75, 3.05) is 32.1 Å². The molecule has 0 aliphatic carbocycles. The number of anilines is 1. The zero-order chi connectivity index (χ0) is 21.5. The summed E-state index contributed by atoms with van der Waals surface area (Å²) < 4.78 is 5.26. The first-order valence-electron chi connectivity index (χ1n) is 11.0. The molecule has 1 heterocycles. The summed E-state index contributed by atoms with van der Waals surface area (Å²) in [4.78, 5) is 15.5. The number of hydrogen-bond acceptors (Lipinski definition) is 3. The van der Waals surface area contributed by atoms with Gasteiger partial charge in [-0.15, -0.1) is 0 Å². The van der Waals surface area contributed by atoms with Gasteiger partial charge in [0, 0.05) is 24.3 Å².